The third-order valence-corrected chi connectivity index (χ3v) is 9.60. The number of carbonyl (C=O) groups excluding carboxylic acids is 1. The van der Waals surface area contributed by atoms with Gasteiger partial charge in [0, 0.05) is 54.9 Å². The van der Waals surface area contributed by atoms with E-state index in [2.05, 4.69) is 32.1 Å². The summed E-state index contributed by atoms with van der Waals surface area (Å²) >= 11 is 7.27. The molecule has 2 aliphatic heterocycles. The first-order valence-electron chi connectivity index (χ1n) is 15.4. The Bertz CT molecular complexity index is 2140. The second kappa shape index (κ2) is 11.2. The standard InChI is InChI=1S/C34H34ClFN8O2/c1-6-23(45)42-13-14-43-20(16-42)10-12-38-30-26-32(28(36)25(27(30)35)24-18(4)7-8-22-21(24)15-39-41-22)44(34(46)40-33(26)43)31-19(5)9-11-37-29(31)17(2)3/h6-9,11,15,17,20,38H,1,10,12-14,16H2,2-5H3,(H,39,41). The molecule has 1 saturated heterocycles. The Kier molecular flexibility index (Phi) is 7.31. The molecule has 1 amide bonds. The molecule has 0 bridgehead atoms. The molecule has 236 valence electrons. The zero-order valence-corrected chi connectivity index (χ0v) is 26.9. The minimum absolute atomic E-state index is 0.0652. The predicted octanol–water partition coefficient (Wildman–Crippen LogP) is 5.88. The van der Waals surface area contributed by atoms with Gasteiger partial charge in [-0.25, -0.2) is 9.18 Å². The van der Waals surface area contributed by atoms with Crippen molar-refractivity contribution in [2.75, 3.05) is 36.4 Å². The lowest BCUT2D eigenvalue weighted by molar-refractivity contribution is -0.126. The number of aryl methyl sites for hydroxylation is 2. The van der Waals surface area contributed by atoms with Crippen LogP contribution in [0.3, 0.4) is 0 Å². The molecule has 1 fully saturated rings. The topological polar surface area (TPSA) is 112 Å². The molecule has 3 aromatic heterocycles. The minimum atomic E-state index is -0.640. The van der Waals surface area contributed by atoms with Gasteiger partial charge in [0.2, 0.25) is 5.91 Å². The van der Waals surface area contributed by atoms with Crippen molar-refractivity contribution in [3.05, 3.63) is 81.4 Å². The molecule has 0 aliphatic carbocycles. The maximum atomic E-state index is 17.8. The Labute approximate surface area is 269 Å². The zero-order valence-electron chi connectivity index (χ0n) is 26.1. The second-order valence-electron chi connectivity index (χ2n) is 12.3. The number of pyridine rings is 1. The number of H-pyrrole nitrogens is 1. The van der Waals surface area contributed by atoms with Crippen molar-refractivity contribution in [2.45, 2.75) is 46.1 Å². The largest absolute Gasteiger partial charge is 0.383 e. The summed E-state index contributed by atoms with van der Waals surface area (Å²) < 4.78 is 19.2. The Hall–Kier alpha value is -4.77. The predicted molar refractivity (Wildman–Crippen MR) is 180 cm³/mol. The van der Waals surface area contributed by atoms with Crippen molar-refractivity contribution in [2.24, 2.45) is 0 Å². The third-order valence-electron chi connectivity index (χ3n) is 9.22. The van der Waals surface area contributed by atoms with Crippen LogP contribution in [0.1, 0.15) is 43.0 Å². The summed E-state index contributed by atoms with van der Waals surface area (Å²) in [4.78, 5) is 40.0. The molecule has 5 aromatic rings. The number of amides is 1. The van der Waals surface area contributed by atoms with E-state index in [4.69, 9.17) is 11.6 Å². The molecule has 0 radical (unpaired) electrons. The van der Waals surface area contributed by atoms with Crippen LogP contribution in [0.15, 0.2) is 48.0 Å². The summed E-state index contributed by atoms with van der Waals surface area (Å²) in [6.07, 6.45) is 5.30. The Morgan fingerprint density at radius 2 is 1.98 bits per heavy atom. The van der Waals surface area contributed by atoms with Crippen molar-refractivity contribution in [1.29, 1.82) is 0 Å². The van der Waals surface area contributed by atoms with Gasteiger partial charge in [0.25, 0.3) is 0 Å². The monoisotopic (exact) mass is 640 g/mol. The number of piperazine rings is 1. The number of hydrogen-bond acceptors (Lipinski definition) is 7. The van der Waals surface area contributed by atoms with Crippen LogP contribution in [0.2, 0.25) is 5.02 Å². The van der Waals surface area contributed by atoms with Crippen LogP contribution >= 0.6 is 11.6 Å². The molecule has 12 heteroatoms. The van der Waals surface area contributed by atoms with Crippen LogP contribution in [0.5, 0.6) is 0 Å². The van der Waals surface area contributed by atoms with Crippen molar-refractivity contribution in [3.63, 3.8) is 0 Å². The average Bonchev–Trinajstić information content (AvgIpc) is 3.51. The van der Waals surface area contributed by atoms with E-state index in [1.54, 1.807) is 17.3 Å². The number of aromatic nitrogens is 5. The van der Waals surface area contributed by atoms with Gasteiger partial charge in [0.05, 0.1) is 39.2 Å². The molecule has 2 aromatic carbocycles. The Morgan fingerprint density at radius 3 is 2.74 bits per heavy atom. The number of rotatable bonds is 4. The molecule has 10 nitrogen and oxygen atoms in total. The highest BCUT2D eigenvalue weighted by Gasteiger charge is 2.36. The summed E-state index contributed by atoms with van der Waals surface area (Å²) in [5.41, 5.74) is 4.17. The first kappa shape index (κ1) is 29.9. The van der Waals surface area contributed by atoms with Crippen LogP contribution in [0.25, 0.3) is 38.6 Å². The smallest absolute Gasteiger partial charge is 0.354 e. The fourth-order valence-electron chi connectivity index (χ4n) is 7.02. The van der Waals surface area contributed by atoms with Gasteiger partial charge in [0.15, 0.2) is 5.82 Å². The van der Waals surface area contributed by atoms with Gasteiger partial charge in [0.1, 0.15) is 11.3 Å². The van der Waals surface area contributed by atoms with E-state index in [1.165, 1.54) is 10.6 Å². The molecular formula is C34H34ClFN8O2. The first-order valence-corrected chi connectivity index (χ1v) is 15.8. The van der Waals surface area contributed by atoms with Gasteiger partial charge in [-0.3, -0.25) is 19.4 Å². The maximum absolute atomic E-state index is 17.8. The van der Waals surface area contributed by atoms with E-state index < -0.39 is 11.5 Å². The lowest BCUT2D eigenvalue weighted by Gasteiger charge is -2.43. The van der Waals surface area contributed by atoms with E-state index in [0.29, 0.717) is 71.8 Å². The molecule has 46 heavy (non-hydrogen) atoms. The summed E-state index contributed by atoms with van der Waals surface area (Å²) in [5, 5.41) is 12.0. The SMILES string of the molecule is C=CC(=O)N1CCN2c3nc(=O)n(-c4c(C)ccnc4C(C)C)c4c(F)c(-c5c(C)ccc6[nH]ncc56)c(Cl)c(c34)NCCC2C1. The van der Waals surface area contributed by atoms with Crippen LogP contribution in [0.4, 0.5) is 15.9 Å². The molecule has 0 saturated carbocycles. The molecular weight excluding hydrogens is 607 g/mol. The number of hydrogen-bond donors (Lipinski definition) is 2. The van der Waals surface area contributed by atoms with Crippen LogP contribution in [0, 0.1) is 19.7 Å². The lowest BCUT2D eigenvalue weighted by Crippen LogP contribution is -2.56. The zero-order chi connectivity index (χ0) is 32.4. The van der Waals surface area contributed by atoms with Gasteiger partial charge in [-0.2, -0.15) is 10.1 Å². The summed E-state index contributed by atoms with van der Waals surface area (Å²) in [6.45, 7) is 13.1. The van der Waals surface area contributed by atoms with E-state index in [1.807, 2.05) is 50.8 Å². The molecule has 1 atom stereocenters. The Morgan fingerprint density at radius 1 is 1.17 bits per heavy atom. The number of halogens is 2. The summed E-state index contributed by atoms with van der Waals surface area (Å²) in [7, 11) is 0. The molecule has 2 aliphatic rings. The molecule has 2 N–H and O–H groups in total. The fourth-order valence-corrected chi connectivity index (χ4v) is 7.35. The van der Waals surface area contributed by atoms with E-state index in [-0.39, 0.29) is 34.0 Å². The van der Waals surface area contributed by atoms with Gasteiger partial charge < -0.3 is 15.1 Å². The van der Waals surface area contributed by atoms with Gasteiger partial charge >= 0.3 is 5.69 Å². The van der Waals surface area contributed by atoms with Crippen LogP contribution in [-0.2, 0) is 4.79 Å². The molecule has 5 heterocycles. The second-order valence-corrected chi connectivity index (χ2v) is 12.7. The maximum Gasteiger partial charge on any atom is 0.354 e. The summed E-state index contributed by atoms with van der Waals surface area (Å²) in [5.74, 6) is -0.518. The first-order chi connectivity index (χ1) is 22.1. The van der Waals surface area contributed by atoms with Crippen molar-refractivity contribution < 1.29 is 9.18 Å². The number of aromatic amines is 1. The van der Waals surface area contributed by atoms with E-state index >= 15 is 4.39 Å². The van der Waals surface area contributed by atoms with Gasteiger partial charge in [-0.05, 0) is 55.5 Å². The normalized spacial score (nSPS) is 16.4. The molecule has 0 spiro atoms. The average molecular weight is 641 g/mol. The number of nitrogens with zero attached hydrogens (tertiary/aromatic N) is 6. The van der Waals surface area contributed by atoms with Crippen molar-refractivity contribution in [1.82, 2.24) is 29.6 Å². The van der Waals surface area contributed by atoms with Gasteiger partial charge in [-0.15, -0.1) is 0 Å². The quantitative estimate of drug-likeness (QED) is 0.236. The van der Waals surface area contributed by atoms with Gasteiger partial charge in [-0.1, -0.05) is 38.1 Å². The number of fused-ring (bicyclic) bond motifs is 3. The van der Waals surface area contributed by atoms with Crippen molar-refractivity contribution >= 4 is 50.8 Å². The fraction of sp³-hybridized carbons (Fsp3) is 0.324. The minimum Gasteiger partial charge on any atom is -0.383 e. The number of carbonyl (C=O) groups is 1. The van der Waals surface area contributed by atoms with E-state index in [0.717, 1.165) is 16.6 Å². The third kappa shape index (κ3) is 4.47. The van der Waals surface area contributed by atoms with Crippen LogP contribution < -0.4 is 15.9 Å². The number of nitrogens with one attached hydrogen (secondary N) is 2. The highest BCUT2D eigenvalue weighted by Crippen LogP contribution is 2.48. The van der Waals surface area contributed by atoms with Crippen molar-refractivity contribution in [3.8, 4) is 16.8 Å². The highest BCUT2D eigenvalue weighted by molar-refractivity contribution is 6.39. The molecule has 1 unspecified atom stereocenters. The number of anilines is 2. The van der Waals surface area contributed by atoms with E-state index in [9.17, 15) is 9.59 Å². The highest BCUT2D eigenvalue weighted by atomic mass is 35.5. The molecule has 7 rings (SSSR count). The lowest BCUT2D eigenvalue weighted by atomic mass is 9.93. The van der Waals surface area contributed by atoms with Crippen LogP contribution in [-0.4, -0.2) is 67.8 Å². The number of benzene rings is 2. The summed E-state index contributed by atoms with van der Waals surface area (Å²) in [6, 6.07) is 5.44. The Balaban J connectivity index is 1.63.